The van der Waals surface area contributed by atoms with Gasteiger partial charge in [0.1, 0.15) is 5.58 Å². The minimum absolute atomic E-state index is 0.117. The highest BCUT2D eigenvalue weighted by molar-refractivity contribution is 9.10. The maximum atomic E-state index is 13.9. The summed E-state index contributed by atoms with van der Waals surface area (Å²) >= 11 is 3.46. The number of methoxy groups -OCH3 is 1. The molecule has 2 aromatic carbocycles. The van der Waals surface area contributed by atoms with Crippen LogP contribution in [-0.4, -0.2) is 68.8 Å². The van der Waals surface area contributed by atoms with Crippen LogP contribution in [0.2, 0.25) is 0 Å². The van der Waals surface area contributed by atoms with Crippen molar-refractivity contribution < 1.29 is 23.4 Å². The minimum Gasteiger partial charge on any atom is -0.493 e. The van der Waals surface area contributed by atoms with Crippen LogP contribution in [-0.2, 0) is 4.74 Å². The fourth-order valence-electron chi connectivity index (χ4n) is 5.54. The van der Waals surface area contributed by atoms with Crippen molar-refractivity contribution in [2.75, 3.05) is 53.1 Å². The van der Waals surface area contributed by atoms with E-state index in [1.807, 2.05) is 18.2 Å². The van der Waals surface area contributed by atoms with Gasteiger partial charge in [-0.15, -0.1) is 0 Å². The summed E-state index contributed by atoms with van der Waals surface area (Å²) in [6.45, 7) is 7.35. The first-order valence-electron chi connectivity index (χ1n) is 14.2. The predicted molar refractivity (Wildman–Crippen MR) is 158 cm³/mol. The molecule has 0 N–H and O–H groups in total. The van der Waals surface area contributed by atoms with Gasteiger partial charge in [0.25, 0.3) is 5.91 Å². The molecule has 0 radical (unpaired) electrons. The van der Waals surface area contributed by atoms with E-state index in [4.69, 9.17) is 18.6 Å². The highest BCUT2D eigenvalue weighted by Gasteiger charge is 2.42. The van der Waals surface area contributed by atoms with Crippen LogP contribution in [0.15, 0.2) is 50.1 Å². The number of amides is 1. The number of hydrogen-bond donors (Lipinski definition) is 0. The van der Waals surface area contributed by atoms with E-state index < -0.39 is 6.04 Å². The Morgan fingerprint density at radius 3 is 2.58 bits per heavy atom. The van der Waals surface area contributed by atoms with Crippen LogP contribution in [0.5, 0.6) is 11.5 Å². The van der Waals surface area contributed by atoms with Crippen molar-refractivity contribution in [3.63, 3.8) is 0 Å². The fraction of sp³-hybridized carbons (Fsp3) is 0.484. The molecule has 1 amide bonds. The summed E-state index contributed by atoms with van der Waals surface area (Å²) in [6.07, 6.45) is 5.22. The number of carbonyl (C=O) groups excluding carboxylic acids is 1. The Bertz CT molecular complexity index is 1400. The third-order valence-corrected chi connectivity index (χ3v) is 8.16. The Labute approximate surface area is 243 Å². The number of morpholine rings is 1. The van der Waals surface area contributed by atoms with E-state index >= 15 is 0 Å². The number of carbonyl (C=O) groups is 1. The number of rotatable bonds is 12. The molecule has 40 heavy (non-hydrogen) atoms. The number of benzene rings is 2. The SMILES string of the molecule is CCCCCCOc1ccc(C2c3c(oc4ccc(Br)cc4c3=O)C(=O)N2CCCN2CCOCC2)cc1OC. The average molecular weight is 614 g/mol. The summed E-state index contributed by atoms with van der Waals surface area (Å²) in [5.41, 5.74) is 1.37. The molecule has 1 atom stereocenters. The van der Waals surface area contributed by atoms with Gasteiger partial charge in [-0.25, -0.2) is 0 Å². The van der Waals surface area contributed by atoms with E-state index in [1.54, 1.807) is 30.2 Å². The lowest BCUT2D eigenvalue weighted by molar-refractivity contribution is 0.0353. The largest absolute Gasteiger partial charge is 0.493 e. The number of halogens is 1. The summed E-state index contributed by atoms with van der Waals surface area (Å²) < 4.78 is 24.1. The van der Waals surface area contributed by atoms with E-state index in [0.29, 0.717) is 41.2 Å². The van der Waals surface area contributed by atoms with Gasteiger partial charge in [-0.1, -0.05) is 48.2 Å². The number of nitrogens with zero attached hydrogens (tertiary/aromatic N) is 2. The molecule has 0 aliphatic carbocycles. The lowest BCUT2D eigenvalue weighted by atomic mass is 9.98. The second-order valence-electron chi connectivity index (χ2n) is 10.3. The van der Waals surface area contributed by atoms with E-state index in [0.717, 1.165) is 62.1 Å². The van der Waals surface area contributed by atoms with Crippen molar-refractivity contribution in [3.8, 4) is 11.5 Å². The van der Waals surface area contributed by atoms with Gasteiger partial charge in [0.05, 0.1) is 43.9 Å². The van der Waals surface area contributed by atoms with Gasteiger partial charge < -0.3 is 23.5 Å². The lowest BCUT2D eigenvalue weighted by Crippen LogP contribution is -2.38. The van der Waals surface area contributed by atoms with Gasteiger partial charge in [-0.05, 0) is 48.7 Å². The molecular weight excluding hydrogens is 576 g/mol. The first-order chi connectivity index (χ1) is 19.5. The topological polar surface area (TPSA) is 81.5 Å². The molecule has 0 spiro atoms. The first kappa shape index (κ1) is 28.6. The first-order valence-corrected chi connectivity index (χ1v) is 15.0. The van der Waals surface area contributed by atoms with Crippen molar-refractivity contribution in [1.29, 1.82) is 0 Å². The molecule has 3 aromatic rings. The van der Waals surface area contributed by atoms with Crippen LogP contribution in [0.4, 0.5) is 0 Å². The van der Waals surface area contributed by atoms with Crippen LogP contribution < -0.4 is 14.9 Å². The third kappa shape index (κ3) is 6.06. The zero-order valence-electron chi connectivity index (χ0n) is 23.2. The van der Waals surface area contributed by atoms with E-state index in [9.17, 15) is 9.59 Å². The Morgan fingerprint density at radius 1 is 0.975 bits per heavy atom. The maximum Gasteiger partial charge on any atom is 0.290 e. The molecule has 5 rings (SSSR count). The van der Waals surface area contributed by atoms with Crippen LogP contribution in [0.3, 0.4) is 0 Å². The Kier molecular flexibility index (Phi) is 9.44. The summed E-state index contributed by atoms with van der Waals surface area (Å²) in [5, 5.41) is 0.445. The average Bonchev–Trinajstić information content (AvgIpc) is 3.25. The Hall–Kier alpha value is -2.88. The molecule has 0 saturated carbocycles. The predicted octanol–water partition coefficient (Wildman–Crippen LogP) is 5.79. The van der Waals surface area contributed by atoms with Crippen LogP contribution in [0, 0.1) is 0 Å². The lowest BCUT2D eigenvalue weighted by Gasteiger charge is -2.29. The normalized spacial score (nSPS) is 17.4. The molecule has 1 aromatic heterocycles. The van der Waals surface area contributed by atoms with Gasteiger partial charge in [0, 0.05) is 30.7 Å². The summed E-state index contributed by atoms with van der Waals surface area (Å²) in [4.78, 5) is 31.8. The standard InChI is InChI=1S/C31H37BrN2O6/c1-3-4-5-6-16-39-25-10-8-21(19-26(25)37-2)28-27-29(35)23-20-22(32)9-11-24(23)40-30(27)31(36)34(28)13-7-12-33-14-17-38-18-15-33/h8-11,19-20,28H,3-7,12-18H2,1-2H3. The van der Waals surface area contributed by atoms with Crippen molar-refractivity contribution in [2.24, 2.45) is 0 Å². The summed E-state index contributed by atoms with van der Waals surface area (Å²) in [6, 6.07) is 10.4. The summed E-state index contributed by atoms with van der Waals surface area (Å²) in [7, 11) is 1.61. The minimum atomic E-state index is -0.584. The molecule has 214 valence electrons. The molecule has 8 nitrogen and oxygen atoms in total. The van der Waals surface area contributed by atoms with Gasteiger partial charge in [0.2, 0.25) is 5.76 Å². The molecule has 2 aliphatic rings. The fourth-order valence-corrected chi connectivity index (χ4v) is 5.90. The molecule has 1 fully saturated rings. The molecule has 1 unspecified atom stereocenters. The molecule has 0 bridgehead atoms. The molecule has 3 heterocycles. The van der Waals surface area contributed by atoms with Crippen molar-refractivity contribution >= 4 is 32.8 Å². The van der Waals surface area contributed by atoms with Crippen LogP contribution in [0.25, 0.3) is 11.0 Å². The van der Waals surface area contributed by atoms with E-state index in [1.165, 1.54) is 12.8 Å². The second kappa shape index (κ2) is 13.2. The number of ether oxygens (including phenoxy) is 3. The third-order valence-electron chi connectivity index (χ3n) is 7.66. The quantitative estimate of drug-likeness (QED) is 0.239. The zero-order valence-corrected chi connectivity index (χ0v) is 24.8. The Morgan fingerprint density at radius 2 is 1.80 bits per heavy atom. The number of unbranched alkanes of at least 4 members (excludes halogenated alkanes) is 3. The maximum absolute atomic E-state index is 13.9. The summed E-state index contributed by atoms with van der Waals surface area (Å²) in [5.74, 6) is 1.08. The molecule has 9 heteroatoms. The molecule has 2 aliphatic heterocycles. The van der Waals surface area contributed by atoms with Gasteiger partial charge in [0.15, 0.2) is 16.9 Å². The highest BCUT2D eigenvalue weighted by Crippen LogP contribution is 2.41. The van der Waals surface area contributed by atoms with Gasteiger partial charge in [-0.2, -0.15) is 0 Å². The smallest absolute Gasteiger partial charge is 0.290 e. The number of hydrogen-bond acceptors (Lipinski definition) is 7. The van der Waals surface area contributed by atoms with Crippen molar-refractivity contribution in [1.82, 2.24) is 9.80 Å². The van der Waals surface area contributed by atoms with Gasteiger partial charge >= 0.3 is 0 Å². The van der Waals surface area contributed by atoms with Gasteiger partial charge in [-0.3, -0.25) is 14.5 Å². The zero-order chi connectivity index (χ0) is 28.1. The highest BCUT2D eigenvalue weighted by atomic mass is 79.9. The molecular formula is C31H37BrN2O6. The van der Waals surface area contributed by atoms with Crippen LogP contribution >= 0.6 is 15.9 Å². The molecule has 1 saturated heterocycles. The van der Waals surface area contributed by atoms with E-state index in [2.05, 4.69) is 27.8 Å². The Balaban J connectivity index is 1.48. The second-order valence-corrected chi connectivity index (χ2v) is 11.3. The van der Waals surface area contributed by atoms with Crippen LogP contribution in [0.1, 0.15) is 66.8 Å². The van der Waals surface area contributed by atoms with Crippen molar-refractivity contribution in [3.05, 3.63) is 68.0 Å². The van der Waals surface area contributed by atoms with E-state index in [-0.39, 0.29) is 17.1 Å². The van der Waals surface area contributed by atoms with Crippen molar-refractivity contribution in [2.45, 2.75) is 45.1 Å². The monoisotopic (exact) mass is 612 g/mol. The number of fused-ring (bicyclic) bond motifs is 2.